The van der Waals surface area contributed by atoms with Gasteiger partial charge in [-0.15, -0.1) is 0 Å². The number of benzene rings is 2. The summed E-state index contributed by atoms with van der Waals surface area (Å²) in [5.74, 6) is -0.101. The van der Waals surface area contributed by atoms with Crippen LogP contribution in [0, 0.1) is 10.1 Å². The molecular weight excluding hydrogens is 312 g/mol. The Morgan fingerprint density at radius 2 is 1.92 bits per heavy atom. The minimum Gasteiger partial charge on any atom is -0.502 e. The molecule has 2 aromatic rings. The lowest BCUT2D eigenvalue weighted by molar-refractivity contribution is -0.385. The van der Waals surface area contributed by atoms with Crippen molar-refractivity contribution in [3.63, 3.8) is 0 Å². The molecular formula is C17H18N2O5. The first-order chi connectivity index (χ1) is 11.6. The first kappa shape index (κ1) is 17.3. The van der Waals surface area contributed by atoms with Gasteiger partial charge < -0.3 is 15.2 Å². The van der Waals surface area contributed by atoms with Crippen molar-refractivity contribution in [2.24, 2.45) is 0 Å². The van der Waals surface area contributed by atoms with Gasteiger partial charge in [-0.1, -0.05) is 18.2 Å². The van der Waals surface area contributed by atoms with Gasteiger partial charge >= 0.3 is 5.69 Å². The highest BCUT2D eigenvalue weighted by atomic mass is 16.6. The Morgan fingerprint density at radius 3 is 2.58 bits per heavy atom. The molecule has 0 saturated heterocycles. The van der Waals surface area contributed by atoms with Crippen LogP contribution in [0.25, 0.3) is 0 Å². The zero-order valence-corrected chi connectivity index (χ0v) is 13.0. The zero-order valence-electron chi connectivity index (χ0n) is 13.0. The molecule has 1 amide bonds. The van der Waals surface area contributed by atoms with Crippen molar-refractivity contribution in [2.75, 3.05) is 13.2 Å². The van der Waals surface area contributed by atoms with E-state index >= 15 is 0 Å². The van der Waals surface area contributed by atoms with Crippen molar-refractivity contribution in [2.45, 2.75) is 12.8 Å². The normalized spacial score (nSPS) is 10.2. The van der Waals surface area contributed by atoms with Crippen LogP contribution in [0.2, 0.25) is 0 Å². The molecule has 0 bridgehead atoms. The molecule has 0 aromatic heterocycles. The van der Waals surface area contributed by atoms with E-state index in [2.05, 4.69) is 5.32 Å². The number of phenolic OH excluding ortho intramolecular Hbond substituents is 1. The summed E-state index contributed by atoms with van der Waals surface area (Å²) in [5, 5.41) is 22.8. The van der Waals surface area contributed by atoms with E-state index in [0.29, 0.717) is 13.2 Å². The topological polar surface area (TPSA) is 102 Å². The van der Waals surface area contributed by atoms with E-state index in [0.717, 1.165) is 30.7 Å². The Morgan fingerprint density at radius 1 is 1.17 bits per heavy atom. The Kier molecular flexibility index (Phi) is 6.13. The van der Waals surface area contributed by atoms with Gasteiger partial charge in [-0.3, -0.25) is 14.9 Å². The number of para-hydroxylation sites is 1. The lowest BCUT2D eigenvalue weighted by Gasteiger charge is -2.07. The number of carbonyl (C=O) groups is 1. The van der Waals surface area contributed by atoms with E-state index in [1.54, 1.807) is 0 Å². The summed E-state index contributed by atoms with van der Waals surface area (Å²) >= 11 is 0. The average Bonchev–Trinajstić information content (AvgIpc) is 2.58. The predicted octanol–water partition coefficient (Wildman–Crippen LogP) is 2.89. The molecule has 2 rings (SSSR count). The molecule has 2 N–H and O–H groups in total. The number of unbranched alkanes of at least 4 members (excludes halogenated alkanes) is 1. The van der Waals surface area contributed by atoms with Crippen molar-refractivity contribution >= 4 is 11.6 Å². The van der Waals surface area contributed by atoms with Gasteiger partial charge in [-0.2, -0.15) is 0 Å². The number of aromatic hydroxyl groups is 1. The molecule has 0 saturated carbocycles. The molecule has 7 heteroatoms. The number of rotatable bonds is 8. The fourth-order valence-electron chi connectivity index (χ4n) is 2.06. The van der Waals surface area contributed by atoms with E-state index in [9.17, 15) is 20.0 Å². The maximum Gasteiger partial charge on any atom is 0.310 e. The van der Waals surface area contributed by atoms with Crippen LogP contribution in [0.5, 0.6) is 11.5 Å². The van der Waals surface area contributed by atoms with Crippen LogP contribution in [0.4, 0.5) is 5.69 Å². The van der Waals surface area contributed by atoms with E-state index < -0.39 is 16.4 Å². The van der Waals surface area contributed by atoms with Gasteiger partial charge in [0.25, 0.3) is 5.91 Å². The number of phenols is 1. The van der Waals surface area contributed by atoms with Gasteiger partial charge in [0.05, 0.1) is 11.5 Å². The van der Waals surface area contributed by atoms with Crippen molar-refractivity contribution in [3.05, 3.63) is 64.2 Å². The van der Waals surface area contributed by atoms with Gasteiger partial charge in [0.1, 0.15) is 5.75 Å². The van der Waals surface area contributed by atoms with Crippen molar-refractivity contribution in [1.29, 1.82) is 0 Å². The number of amides is 1. The maximum atomic E-state index is 11.9. The van der Waals surface area contributed by atoms with Crippen LogP contribution in [-0.2, 0) is 0 Å². The fourth-order valence-corrected chi connectivity index (χ4v) is 2.06. The summed E-state index contributed by atoms with van der Waals surface area (Å²) in [4.78, 5) is 21.8. The number of carbonyl (C=O) groups excluding carboxylic acids is 1. The molecule has 0 aliphatic rings. The second kappa shape index (κ2) is 8.52. The quantitative estimate of drug-likeness (QED) is 0.440. The summed E-state index contributed by atoms with van der Waals surface area (Å²) < 4.78 is 5.54. The summed E-state index contributed by atoms with van der Waals surface area (Å²) in [6, 6.07) is 13.0. The molecule has 0 spiro atoms. The van der Waals surface area contributed by atoms with Crippen LogP contribution in [0.1, 0.15) is 23.2 Å². The SMILES string of the molecule is O=C(NCCCCOc1ccccc1)c1ccc([N+](=O)[O-])c(O)c1. The average molecular weight is 330 g/mol. The van der Waals surface area contributed by atoms with E-state index in [4.69, 9.17) is 4.74 Å². The summed E-state index contributed by atoms with van der Waals surface area (Å²) in [5.41, 5.74) is -0.247. The van der Waals surface area contributed by atoms with Gasteiger partial charge in [0, 0.05) is 18.2 Å². The minimum absolute atomic E-state index is 0.179. The highest BCUT2D eigenvalue weighted by molar-refractivity contribution is 5.95. The Bertz CT molecular complexity index is 703. The third kappa shape index (κ3) is 4.98. The van der Waals surface area contributed by atoms with Crippen LogP contribution in [-0.4, -0.2) is 29.1 Å². The molecule has 0 fully saturated rings. The van der Waals surface area contributed by atoms with Crippen LogP contribution >= 0.6 is 0 Å². The highest BCUT2D eigenvalue weighted by Gasteiger charge is 2.15. The second-order valence-electron chi connectivity index (χ2n) is 5.09. The van der Waals surface area contributed by atoms with Gasteiger partial charge in [0.15, 0.2) is 5.75 Å². The van der Waals surface area contributed by atoms with Crippen LogP contribution in [0.15, 0.2) is 48.5 Å². The summed E-state index contributed by atoms with van der Waals surface area (Å²) in [6.07, 6.45) is 1.51. The van der Waals surface area contributed by atoms with Crippen molar-refractivity contribution in [3.8, 4) is 11.5 Å². The third-order valence-corrected chi connectivity index (χ3v) is 3.30. The monoisotopic (exact) mass is 330 g/mol. The third-order valence-electron chi connectivity index (χ3n) is 3.30. The van der Waals surface area contributed by atoms with Crippen molar-refractivity contribution in [1.82, 2.24) is 5.32 Å². The lowest BCUT2D eigenvalue weighted by atomic mass is 10.1. The fraction of sp³-hybridized carbons (Fsp3) is 0.235. The van der Waals surface area contributed by atoms with Gasteiger partial charge in [-0.25, -0.2) is 0 Å². The Balaban J connectivity index is 1.70. The number of hydrogen-bond acceptors (Lipinski definition) is 5. The van der Waals surface area contributed by atoms with Gasteiger partial charge in [-0.05, 0) is 37.1 Å². The predicted molar refractivity (Wildman–Crippen MR) is 88.3 cm³/mol. The molecule has 0 aliphatic heterocycles. The first-order valence-corrected chi connectivity index (χ1v) is 7.51. The van der Waals surface area contributed by atoms with Crippen LogP contribution in [0.3, 0.4) is 0 Å². The molecule has 0 aliphatic carbocycles. The molecule has 7 nitrogen and oxygen atoms in total. The number of nitro groups is 1. The van der Waals surface area contributed by atoms with E-state index in [1.165, 1.54) is 6.07 Å². The summed E-state index contributed by atoms with van der Waals surface area (Å²) in [7, 11) is 0. The largest absolute Gasteiger partial charge is 0.502 e. The molecule has 126 valence electrons. The molecule has 0 atom stereocenters. The first-order valence-electron chi connectivity index (χ1n) is 7.51. The standard InChI is InChI=1S/C17H18N2O5/c20-16-12-13(8-9-15(16)19(22)23)17(21)18-10-4-5-11-24-14-6-2-1-3-7-14/h1-3,6-9,12,20H,4-5,10-11H2,(H,18,21). The number of hydrogen-bond donors (Lipinski definition) is 2. The minimum atomic E-state index is -0.705. The molecule has 0 unspecified atom stereocenters. The Hall–Kier alpha value is -3.09. The van der Waals surface area contributed by atoms with Gasteiger partial charge in [0.2, 0.25) is 0 Å². The van der Waals surface area contributed by atoms with E-state index in [1.807, 2.05) is 30.3 Å². The number of nitrogens with zero attached hydrogens (tertiary/aromatic N) is 1. The molecule has 0 radical (unpaired) electrons. The van der Waals surface area contributed by atoms with Crippen molar-refractivity contribution < 1.29 is 19.6 Å². The zero-order chi connectivity index (χ0) is 17.4. The highest BCUT2D eigenvalue weighted by Crippen LogP contribution is 2.26. The molecule has 24 heavy (non-hydrogen) atoms. The van der Waals surface area contributed by atoms with Crippen LogP contribution < -0.4 is 10.1 Å². The van der Waals surface area contributed by atoms with E-state index in [-0.39, 0.29) is 11.5 Å². The molecule has 2 aromatic carbocycles. The maximum absolute atomic E-state index is 11.9. The second-order valence-corrected chi connectivity index (χ2v) is 5.09. The Labute approximate surface area is 139 Å². The summed E-state index contributed by atoms with van der Waals surface area (Å²) in [6.45, 7) is 1.01. The number of nitrogens with one attached hydrogen (secondary N) is 1. The number of nitro benzene ring substituents is 1. The number of ether oxygens (including phenoxy) is 1. The molecule has 0 heterocycles. The lowest BCUT2D eigenvalue weighted by Crippen LogP contribution is -2.24. The smallest absolute Gasteiger partial charge is 0.310 e.